The molecule has 1 aromatic heterocycles. The molecule has 9 heteroatoms. The van der Waals surface area contributed by atoms with Crippen molar-refractivity contribution in [3.8, 4) is 0 Å². The Morgan fingerprint density at radius 3 is 2.52 bits per heavy atom. The molecular weight excluding hydrogens is 375 g/mol. The van der Waals surface area contributed by atoms with E-state index in [-0.39, 0.29) is 15.4 Å². The van der Waals surface area contributed by atoms with Gasteiger partial charge in [0, 0.05) is 16.9 Å². The van der Waals surface area contributed by atoms with Crippen molar-refractivity contribution in [3.05, 3.63) is 51.3 Å². The van der Waals surface area contributed by atoms with Crippen LogP contribution in [0.5, 0.6) is 0 Å². The van der Waals surface area contributed by atoms with Crippen molar-refractivity contribution >= 4 is 39.3 Å². The van der Waals surface area contributed by atoms with Crippen molar-refractivity contribution in [1.29, 1.82) is 0 Å². The summed E-state index contributed by atoms with van der Waals surface area (Å²) in [4.78, 5) is 19.4. The Labute approximate surface area is 130 Å². The number of anilines is 1. The molecule has 0 saturated heterocycles. The first kappa shape index (κ1) is 15.7. The minimum Gasteiger partial charge on any atom is -0.304 e. The zero-order valence-corrected chi connectivity index (χ0v) is 12.4. The van der Waals surface area contributed by atoms with Crippen LogP contribution in [0.25, 0.3) is 0 Å². The number of carbonyl (C=O) groups excluding carboxylic acids is 1. The summed E-state index contributed by atoms with van der Waals surface area (Å²) in [6, 6.07) is 3.22. The lowest BCUT2D eigenvalue weighted by atomic mass is 10.1. The summed E-state index contributed by atoms with van der Waals surface area (Å²) < 4.78 is 39.1. The van der Waals surface area contributed by atoms with Crippen molar-refractivity contribution in [2.24, 2.45) is 0 Å². The fraction of sp³-hybridized carbons (Fsp3) is 0.0833. The Morgan fingerprint density at radius 1 is 1.24 bits per heavy atom. The number of hydrogen-bond acceptors (Lipinski definition) is 3. The predicted octanol–water partition coefficient (Wildman–Crippen LogP) is 4.16. The van der Waals surface area contributed by atoms with Gasteiger partial charge in [-0.2, -0.15) is 13.2 Å². The van der Waals surface area contributed by atoms with Gasteiger partial charge >= 0.3 is 6.18 Å². The Hall–Kier alpha value is -1.67. The van der Waals surface area contributed by atoms with Gasteiger partial charge < -0.3 is 5.32 Å². The fourth-order valence-electron chi connectivity index (χ4n) is 1.53. The molecule has 0 aliphatic rings. The molecule has 2 aromatic rings. The van der Waals surface area contributed by atoms with E-state index in [0.29, 0.717) is 0 Å². The average molecular weight is 381 g/mol. The van der Waals surface area contributed by atoms with Crippen LogP contribution >= 0.6 is 27.5 Å². The van der Waals surface area contributed by atoms with Crippen LogP contribution in [0.1, 0.15) is 15.9 Å². The number of aromatic nitrogens is 2. The summed E-state index contributed by atoms with van der Waals surface area (Å²) in [5.74, 6) is -1.09. The number of nitrogens with zero attached hydrogens (tertiary/aromatic N) is 2. The van der Waals surface area contributed by atoms with Crippen molar-refractivity contribution in [3.63, 3.8) is 0 Å². The van der Waals surface area contributed by atoms with Gasteiger partial charge in [-0.15, -0.1) is 0 Å². The lowest BCUT2D eigenvalue weighted by Gasteiger charge is -2.13. The molecule has 2 rings (SSSR count). The third kappa shape index (κ3) is 3.70. The van der Waals surface area contributed by atoms with Crippen LogP contribution in [-0.2, 0) is 6.18 Å². The Morgan fingerprint density at radius 2 is 1.90 bits per heavy atom. The largest absolute Gasteiger partial charge is 0.417 e. The molecule has 1 aromatic carbocycles. The van der Waals surface area contributed by atoms with Crippen LogP contribution in [0.15, 0.2) is 35.1 Å². The SMILES string of the molecule is O=C(Nc1nccnc1Cl)c1ccc(Br)cc1C(F)(F)F. The molecule has 0 aliphatic carbocycles. The van der Waals surface area contributed by atoms with E-state index in [9.17, 15) is 18.0 Å². The molecule has 110 valence electrons. The highest BCUT2D eigenvalue weighted by Crippen LogP contribution is 2.34. The molecule has 21 heavy (non-hydrogen) atoms. The second kappa shape index (κ2) is 5.98. The Bertz CT molecular complexity index is 694. The molecule has 0 atom stereocenters. The van der Waals surface area contributed by atoms with E-state index in [1.807, 2.05) is 0 Å². The highest BCUT2D eigenvalue weighted by Gasteiger charge is 2.35. The van der Waals surface area contributed by atoms with Gasteiger partial charge in [-0.05, 0) is 18.2 Å². The Kier molecular flexibility index (Phi) is 4.48. The quantitative estimate of drug-likeness (QED) is 0.851. The van der Waals surface area contributed by atoms with Crippen LogP contribution < -0.4 is 5.32 Å². The number of carbonyl (C=O) groups is 1. The van der Waals surface area contributed by atoms with E-state index in [4.69, 9.17) is 11.6 Å². The number of hydrogen-bond donors (Lipinski definition) is 1. The van der Waals surface area contributed by atoms with Gasteiger partial charge in [0.15, 0.2) is 11.0 Å². The Balaban J connectivity index is 2.38. The van der Waals surface area contributed by atoms with Gasteiger partial charge in [-0.3, -0.25) is 4.79 Å². The van der Waals surface area contributed by atoms with E-state index in [1.165, 1.54) is 18.5 Å². The van der Waals surface area contributed by atoms with E-state index in [0.717, 1.165) is 12.1 Å². The van der Waals surface area contributed by atoms with Gasteiger partial charge in [-0.25, -0.2) is 9.97 Å². The number of alkyl halides is 3. The first-order chi connectivity index (χ1) is 9.79. The van der Waals surface area contributed by atoms with Crippen molar-refractivity contribution in [1.82, 2.24) is 9.97 Å². The monoisotopic (exact) mass is 379 g/mol. The second-order valence-corrected chi connectivity index (χ2v) is 5.11. The normalized spacial score (nSPS) is 11.3. The summed E-state index contributed by atoms with van der Waals surface area (Å²) in [5.41, 5.74) is -1.60. The molecule has 1 N–H and O–H groups in total. The van der Waals surface area contributed by atoms with Gasteiger partial charge in [0.2, 0.25) is 0 Å². The van der Waals surface area contributed by atoms with E-state index in [1.54, 1.807) is 0 Å². The van der Waals surface area contributed by atoms with Crippen LogP contribution in [0, 0.1) is 0 Å². The van der Waals surface area contributed by atoms with E-state index >= 15 is 0 Å². The lowest BCUT2D eigenvalue weighted by Crippen LogP contribution is -2.19. The maximum Gasteiger partial charge on any atom is 0.417 e. The van der Waals surface area contributed by atoms with Gasteiger partial charge in [0.25, 0.3) is 5.91 Å². The summed E-state index contributed by atoms with van der Waals surface area (Å²) in [6.07, 6.45) is -2.12. The van der Waals surface area contributed by atoms with E-state index < -0.39 is 23.2 Å². The number of nitrogens with one attached hydrogen (secondary N) is 1. The van der Waals surface area contributed by atoms with Crippen LogP contribution in [0.3, 0.4) is 0 Å². The second-order valence-electron chi connectivity index (χ2n) is 3.84. The first-order valence-corrected chi connectivity index (χ1v) is 6.60. The maximum absolute atomic E-state index is 13.0. The highest BCUT2D eigenvalue weighted by atomic mass is 79.9. The summed E-state index contributed by atoms with van der Waals surface area (Å²) >= 11 is 8.63. The zero-order chi connectivity index (χ0) is 15.6. The number of amides is 1. The van der Waals surface area contributed by atoms with E-state index in [2.05, 4.69) is 31.2 Å². The third-order valence-electron chi connectivity index (χ3n) is 2.42. The van der Waals surface area contributed by atoms with Crippen LogP contribution in [0.4, 0.5) is 19.0 Å². The number of benzene rings is 1. The summed E-state index contributed by atoms with van der Waals surface area (Å²) in [7, 11) is 0. The minimum atomic E-state index is -4.66. The molecule has 0 spiro atoms. The van der Waals surface area contributed by atoms with Gasteiger partial charge in [0.1, 0.15) is 0 Å². The number of rotatable bonds is 2. The molecule has 0 aliphatic heterocycles. The topological polar surface area (TPSA) is 54.9 Å². The molecular formula is C12H6BrClF3N3O. The highest BCUT2D eigenvalue weighted by molar-refractivity contribution is 9.10. The molecule has 4 nitrogen and oxygen atoms in total. The molecule has 0 bridgehead atoms. The van der Waals surface area contributed by atoms with Crippen LogP contribution in [0.2, 0.25) is 5.15 Å². The summed E-state index contributed by atoms with van der Waals surface area (Å²) in [5, 5.41) is 2.08. The molecule has 1 amide bonds. The van der Waals surface area contributed by atoms with Crippen molar-refractivity contribution < 1.29 is 18.0 Å². The maximum atomic E-state index is 13.0. The molecule has 0 saturated carbocycles. The lowest BCUT2D eigenvalue weighted by molar-refractivity contribution is -0.137. The fourth-order valence-corrected chi connectivity index (χ4v) is 2.04. The van der Waals surface area contributed by atoms with Crippen LogP contribution in [-0.4, -0.2) is 15.9 Å². The third-order valence-corrected chi connectivity index (χ3v) is 3.19. The molecule has 0 unspecified atom stereocenters. The molecule has 0 radical (unpaired) electrons. The predicted molar refractivity (Wildman–Crippen MR) is 74.1 cm³/mol. The standard InChI is InChI=1S/C12H6BrClF3N3O/c13-6-1-2-7(8(5-6)12(15,16)17)11(21)20-10-9(14)18-3-4-19-10/h1-5H,(H,19,20,21). The van der Waals surface area contributed by atoms with Crippen molar-refractivity contribution in [2.75, 3.05) is 5.32 Å². The smallest absolute Gasteiger partial charge is 0.304 e. The molecule has 0 fully saturated rings. The average Bonchev–Trinajstić information content (AvgIpc) is 2.40. The van der Waals surface area contributed by atoms with Gasteiger partial charge in [0.05, 0.1) is 11.1 Å². The minimum absolute atomic E-state index is 0.111. The van der Waals surface area contributed by atoms with Gasteiger partial charge in [-0.1, -0.05) is 27.5 Å². The first-order valence-electron chi connectivity index (χ1n) is 5.43. The molecule has 1 heterocycles. The van der Waals surface area contributed by atoms with Crippen molar-refractivity contribution in [2.45, 2.75) is 6.18 Å². The zero-order valence-electron chi connectivity index (χ0n) is 10.1. The number of halogens is 5. The summed E-state index contributed by atoms with van der Waals surface area (Å²) in [6.45, 7) is 0.